The molecule has 154 valence electrons. The summed E-state index contributed by atoms with van der Waals surface area (Å²) in [5.41, 5.74) is 3.42. The average molecular weight is 404 g/mol. The van der Waals surface area contributed by atoms with Gasteiger partial charge in [0, 0.05) is 44.2 Å². The predicted molar refractivity (Wildman–Crippen MR) is 117 cm³/mol. The fourth-order valence-electron chi connectivity index (χ4n) is 3.74. The maximum Gasteiger partial charge on any atom is 0.255 e. The van der Waals surface area contributed by atoms with Crippen molar-refractivity contribution in [1.29, 1.82) is 0 Å². The van der Waals surface area contributed by atoms with Crippen molar-refractivity contribution in [2.24, 2.45) is 7.05 Å². The summed E-state index contributed by atoms with van der Waals surface area (Å²) >= 11 is 0. The Bertz CT molecular complexity index is 1120. The molecular weight excluding hydrogens is 380 g/mol. The third-order valence-corrected chi connectivity index (χ3v) is 5.27. The molecule has 1 aliphatic heterocycles. The molecule has 30 heavy (non-hydrogen) atoms. The van der Waals surface area contributed by atoms with Gasteiger partial charge < -0.3 is 14.4 Å². The molecule has 7 nitrogen and oxygen atoms in total. The van der Waals surface area contributed by atoms with Crippen molar-refractivity contribution in [1.82, 2.24) is 14.5 Å². The Labute approximate surface area is 175 Å². The van der Waals surface area contributed by atoms with Crippen LogP contribution in [0.1, 0.15) is 12.0 Å². The normalized spacial score (nSPS) is 13.7. The first-order valence-corrected chi connectivity index (χ1v) is 9.76. The second kappa shape index (κ2) is 8.41. The molecule has 0 aliphatic carbocycles. The zero-order valence-electron chi connectivity index (χ0n) is 17.3. The number of hydrogen-bond acceptors (Lipinski definition) is 6. The van der Waals surface area contributed by atoms with Crippen molar-refractivity contribution < 1.29 is 9.47 Å². The first kappa shape index (κ1) is 19.7. The zero-order chi connectivity index (χ0) is 21.1. The Morgan fingerprint density at radius 1 is 1.03 bits per heavy atom. The van der Waals surface area contributed by atoms with Gasteiger partial charge in [0.25, 0.3) is 5.56 Å². The minimum atomic E-state index is -0.0993. The molecule has 0 amide bonds. The van der Waals surface area contributed by atoms with Gasteiger partial charge in [-0.05, 0) is 36.3 Å². The average Bonchev–Trinajstić information content (AvgIpc) is 2.80. The number of hydrogen-bond donors (Lipinski definition) is 0. The Kier molecular flexibility index (Phi) is 5.52. The SMILES string of the molecule is COc1cccc(OC)c1C1=CCCN(c2nc(-c3ccncc3)cc(=O)n2C)C1. The number of aromatic nitrogens is 3. The van der Waals surface area contributed by atoms with Crippen molar-refractivity contribution >= 4 is 11.5 Å². The van der Waals surface area contributed by atoms with E-state index >= 15 is 0 Å². The van der Waals surface area contributed by atoms with Crippen LogP contribution in [0.2, 0.25) is 0 Å². The molecule has 0 unspecified atom stereocenters. The van der Waals surface area contributed by atoms with Crippen LogP contribution in [0.3, 0.4) is 0 Å². The molecule has 0 fully saturated rings. The molecule has 3 aromatic rings. The lowest BCUT2D eigenvalue weighted by molar-refractivity contribution is 0.391. The smallest absolute Gasteiger partial charge is 0.255 e. The second-order valence-corrected chi connectivity index (χ2v) is 7.05. The zero-order valence-corrected chi connectivity index (χ0v) is 17.3. The van der Waals surface area contributed by atoms with E-state index in [0.717, 1.165) is 41.2 Å². The van der Waals surface area contributed by atoms with Gasteiger partial charge in [0.1, 0.15) is 11.5 Å². The van der Waals surface area contributed by atoms with E-state index in [0.29, 0.717) is 18.2 Å². The van der Waals surface area contributed by atoms with E-state index in [1.165, 1.54) is 0 Å². The Morgan fingerprint density at radius 2 is 1.73 bits per heavy atom. The van der Waals surface area contributed by atoms with E-state index < -0.39 is 0 Å². The molecule has 0 N–H and O–H groups in total. The lowest BCUT2D eigenvalue weighted by Gasteiger charge is -2.30. The van der Waals surface area contributed by atoms with Crippen LogP contribution < -0.4 is 19.9 Å². The maximum absolute atomic E-state index is 12.7. The fourth-order valence-corrected chi connectivity index (χ4v) is 3.74. The first-order chi connectivity index (χ1) is 14.6. The second-order valence-electron chi connectivity index (χ2n) is 7.05. The highest BCUT2D eigenvalue weighted by molar-refractivity contribution is 5.79. The van der Waals surface area contributed by atoms with Crippen molar-refractivity contribution in [3.8, 4) is 22.8 Å². The van der Waals surface area contributed by atoms with Gasteiger partial charge in [-0.25, -0.2) is 4.98 Å². The van der Waals surface area contributed by atoms with Gasteiger partial charge >= 0.3 is 0 Å². The molecule has 7 heteroatoms. The van der Waals surface area contributed by atoms with E-state index in [1.54, 1.807) is 44.3 Å². The van der Waals surface area contributed by atoms with Gasteiger partial charge in [0.2, 0.25) is 5.95 Å². The summed E-state index contributed by atoms with van der Waals surface area (Å²) < 4.78 is 12.8. The van der Waals surface area contributed by atoms with Gasteiger partial charge in [0.05, 0.1) is 25.5 Å². The summed E-state index contributed by atoms with van der Waals surface area (Å²) in [5, 5.41) is 0. The molecule has 4 rings (SSSR count). The van der Waals surface area contributed by atoms with E-state index in [9.17, 15) is 4.79 Å². The highest BCUT2D eigenvalue weighted by Gasteiger charge is 2.23. The van der Waals surface area contributed by atoms with Gasteiger partial charge in [-0.15, -0.1) is 0 Å². The van der Waals surface area contributed by atoms with Crippen LogP contribution >= 0.6 is 0 Å². The molecule has 1 aliphatic rings. The summed E-state index contributed by atoms with van der Waals surface area (Å²) in [5.74, 6) is 2.15. The van der Waals surface area contributed by atoms with Gasteiger partial charge in [-0.2, -0.15) is 0 Å². The number of ether oxygens (including phenoxy) is 2. The molecule has 0 bridgehead atoms. The lowest BCUT2D eigenvalue weighted by atomic mass is 9.99. The standard InChI is InChI=1S/C23H24N4O3/c1-26-21(28)14-18(16-9-11-24-12-10-16)25-23(26)27-13-5-6-17(15-27)22-19(29-2)7-4-8-20(22)30-3/h4,6-12,14H,5,13,15H2,1-3H3. The van der Waals surface area contributed by atoms with Crippen LogP contribution in [-0.4, -0.2) is 41.8 Å². The number of anilines is 1. The molecule has 0 radical (unpaired) electrons. The van der Waals surface area contributed by atoms with Crippen molar-refractivity contribution in [2.45, 2.75) is 6.42 Å². The molecule has 3 heterocycles. The summed E-state index contributed by atoms with van der Waals surface area (Å²) in [6, 6.07) is 11.0. The largest absolute Gasteiger partial charge is 0.496 e. The molecule has 1 aromatic carbocycles. The van der Waals surface area contributed by atoms with E-state index in [4.69, 9.17) is 14.5 Å². The van der Waals surface area contributed by atoms with E-state index in [2.05, 4.69) is 16.0 Å². The highest BCUT2D eigenvalue weighted by Crippen LogP contribution is 2.37. The van der Waals surface area contributed by atoms with Crippen LogP contribution in [0.4, 0.5) is 5.95 Å². The Balaban J connectivity index is 1.74. The monoisotopic (exact) mass is 404 g/mol. The van der Waals surface area contributed by atoms with Crippen molar-refractivity contribution in [2.75, 3.05) is 32.2 Å². The van der Waals surface area contributed by atoms with E-state index in [-0.39, 0.29) is 5.56 Å². The molecule has 2 aromatic heterocycles. The van der Waals surface area contributed by atoms with Crippen LogP contribution in [0.5, 0.6) is 11.5 Å². The van der Waals surface area contributed by atoms with Gasteiger partial charge in [-0.3, -0.25) is 14.3 Å². The number of nitrogens with zero attached hydrogens (tertiary/aromatic N) is 4. The molecule has 0 saturated carbocycles. The fraction of sp³-hybridized carbons (Fsp3) is 0.261. The minimum absolute atomic E-state index is 0.0993. The van der Waals surface area contributed by atoms with Crippen LogP contribution in [-0.2, 0) is 7.05 Å². The van der Waals surface area contributed by atoms with Crippen molar-refractivity contribution in [3.63, 3.8) is 0 Å². The highest BCUT2D eigenvalue weighted by atomic mass is 16.5. The topological polar surface area (TPSA) is 69.5 Å². The summed E-state index contributed by atoms with van der Waals surface area (Å²) in [7, 11) is 5.06. The molecule has 0 atom stereocenters. The van der Waals surface area contributed by atoms with Crippen LogP contribution in [0, 0.1) is 0 Å². The third kappa shape index (κ3) is 3.66. The summed E-state index contributed by atoms with van der Waals surface area (Å²) in [6.45, 7) is 1.36. The van der Waals surface area contributed by atoms with E-state index in [1.807, 2.05) is 30.3 Å². The number of rotatable bonds is 5. The van der Waals surface area contributed by atoms with Gasteiger partial charge in [0.15, 0.2) is 0 Å². The predicted octanol–water partition coefficient (Wildman–Crippen LogP) is 3.15. The molecule has 0 spiro atoms. The molecule has 0 saturated heterocycles. The minimum Gasteiger partial charge on any atom is -0.496 e. The van der Waals surface area contributed by atoms with Crippen LogP contribution in [0.15, 0.2) is 59.7 Å². The quantitative estimate of drug-likeness (QED) is 0.651. The Morgan fingerprint density at radius 3 is 2.40 bits per heavy atom. The van der Waals surface area contributed by atoms with Gasteiger partial charge in [-0.1, -0.05) is 12.1 Å². The first-order valence-electron chi connectivity index (χ1n) is 9.76. The summed E-state index contributed by atoms with van der Waals surface area (Å²) in [6.07, 6.45) is 6.42. The third-order valence-electron chi connectivity index (χ3n) is 5.27. The van der Waals surface area contributed by atoms with Crippen LogP contribution in [0.25, 0.3) is 16.8 Å². The van der Waals surface area contributed by atoms with Crippen molar-refractivity contribution in [3.05, 3.63) is 70.8 Å². The Hall–Kier alpha value is -3.61. The lowest BCUT2D eigenvalue weighted by Crippen LogP contribution is -2.35. The number of pyridine rings is 1. The number of benzene rings is 1. The number of methoxy groups -OCH3 is 2. The molecular formula is C23H24N4O3. The maximum atomic E-state index is 12.7. The summed E-state index contributed by atoms with van der Waals surface area (Å²) in [4.78, 5) is 23.6.